The fourth-order valence-corrected chi connectivity index (χ4v) is 2.57. The first-order valence-electron chi connectivity index (χ1n) is 6.72. The Hall–Kier alpha value is -2.22. The molecule has 2 atom stereocenters. The average Bonchev–Trinajstić information content (AvgIpc) is 2.41. The summed E-state index contributed by atoms with van der Waals surface area (Å²) < 4.78 is 0. The highest BCUT2D eigenvalue weighted by Crippen LogP contribution is 2.26. The van der Waals surface area contributed by atoms with Gasteiger partial charge in [0.25, 0.3) is 0 Å². The van der Waals surface area contributed by atoms with E-state index >= 15 is 0 Å². The van der Waals surface area contributed by atoms with Gasteiger partial charge in [0, 0.05) is 18.7 Å². The summed E-state index contributed by atoms with van der Waals surface area (Å²) in [6, 6.07) is 2.36. The Morgan fingerprint density at radius 2 is 2.29 bits per heavy atom. The second-order valence-corrected chi connectivity index (χ2v) is 5.41. The van der Waals surface area contributed by atoms with E-state index < -0.39 is 10.9 Å². The summed E-state index contributed by atoms with van der Waals surface area (Å²) in [7, 11) is 2.03. The molecular weight excluding hydrogens is 276 g/mol. The number of carboxylic acids is 1. The van der Waals surface area contributed by atoms with Crippen LogP contribution in [0.1, 0.15) is 23.8 Å². The molecule has 1 aliphatic heterocycles. The van der Waals surface area contributed by atoms with Crippen LogP contribution in [0.4, 0.5) is 11.5 Å². The smallest absolute Gasteiger partial charge is 0.354 e. The van der Waals surface area contributed by atoms with Crippen molar-refractivity contribution in [3.8, 4) is 0 Å². The second-order valence-electron chi connectivity index (χ2n) is 5.41. The molecule has 0 amide bonds. The zero-order valence-electron chi connectivity index (χ0n) is 11.9. The van der Waals surface area contributed by atoms with Crippen molar-refractivity contribution < 1.29 is 14.8 Å². The van der Waals surface area contributed by atoms with E-state index in [0.29, 0.717) is 5.92 Å². The molecule has 2 unspecified atom stereocenters. The molecule has 1 aromatic rings. The standard InChI is InChI=1S/C13H18N4O4/c1-8-7-16(2)6-5-9(8)14-12-11(17(20)21)4-3-10(15-12)13(18)19/h3-4,8-9H,5-7H2,1-2H3,(H,14,15)(H,18,19). The molecule has 8 heteroatoms. The summed E-state index contributed by atoms with van der Waals surface area (Å²) in [6.45, 7) is 3.82. The Balaban J connectivity index is 2.26. The molecule has 0 bridgehead atoms. The molecule has 1 fully saturated rings. The maximum Gasteiger partial charge on any atom is 0.354 e. The molecule has 8 nitrogen and oxygen atoms in total. The number of nitrogens with one attached hydrogen (secondary N) is 1. The van der Waals surface area contributed by atoms with Crippen LogP contribution in [0, 0.1) is 16.0 Å². The Morgan fingerprint density at radius 3 is 2.86 bits per heavy atom. The Morgan fingerprint density at radius 1 is 1.57 bits per heavy atom. The SMILES string of the molecule is CC1CN(C)CCC1Nc1nc(C(=O)O)ccc1[N+](=O)[O-]. The summed E-state index contributed by atoms with van der Waals surface area (Å²) >= 11 is 0. The van der Waals surface area contributed by atoms with Crippen molar-refractivity contribution in [2.24, 2.45) is 5.92 Å². The van der Waals surface area contributed by atoms with Crippen molar-refractivity contribution in [3.63, 3.8) is 0 Å². The summed E-state index contributed by atoms with van der Waals surface area (Å²) in [4.78, 5) is 27.5. The van der Waals surface area contributed by atoms with Crippen LogP contribution in [0.2, 0.25) is 0 Å². The summed E-state index contributed by atoms with van der Waals surface area (Å²) in [6.07, 6.45) is 0.827. The molecular formula is C13H18N4O4. The number of likely N-dealkylation sites (tertiary alicyclic amines) is 1. The minimum absolute atomic E-state index is 0.0290. The number of pyridine rings is 1. The van der Waals surface area contributed by atoms with E-state index in [4.69, 9.17) is 5.11 Å². The van der Waals surface area contributed by atoms with Crippen molar-refractivity contribution in [2.45, 2.75) is 19.4 Å². The lowest BCUT2D eigenvalue weighted by atomic mass is 9.94. The Bertz CT molecular complexity index is 563. The van der Waals surface area contributed by atoms with E-state index in [2.05, 4.69) is 22.1 Å². The van der Waals surface area contributed by atoms with E-state index in [-0.39, 0.29) is 23.2 Å². The number of carboxylic acid groups (broad SMARTS) is 1. The van der Waals surface area contributed by atoms with Crippen LogP contribution < -0.4 is 5.32 Å². The van der Waals surface area contributed by atoms with Crippen molar-refractivity contribution in [1.82, 2.24) is 9.88 Å². The number of nitro groups is 1. The highest BCUT2D eigenvalue weighted by molar-refractivity contribution is 5.86. The number of piperidine rings is 1. The molecule has 2 heterocycles. The van der Waals surface area contributed by atoms with Crippen LogP contribution in [0.3, 0.4) is 0 Å². The molecule has 21 heavy (non-hydrogen) atoms. The summed E-state index contributed by atoms with van der Waals surface area (Å²) in [5, 5.41) is 23.1. The predicted octanol–water partition coefficient (Wildman–Crippen LogP) is 1.44. The fourth-order valence-electron chi connectivity index (χ4n) is 2.57. The maximum atomic E-state index is 11.0. The number of nitrogens with zero attached hydrogens (tertiary/aromatic N) is 3. The Labute approximate surface area is 121 Å². The summed E-state index contributed by atoms with van der Waals surface area (Å²) in [5.41, 5.74) is -0.408. The lowest BCUT2D eigenvalue weighted by Crippen LogP contribution is -2.43. The highest BCUT2D eigenvalue weighted by Gasteiger charge is 2.27. The number of hydrogen-bond donors (Lipinski definition) is 2. The number of carbonyl (C=O) groups is 1. The van der Waals surface area contributed by atoms with Crippen LogP contribution in [0.25, 0.3) is 0 Å². The quantitative estimate of drug-likeness (QED) is 0.638. The van der Waals surface area contributed by atoms with Crippen molar-refractivity contribution >= 4 is 17.5 Å². The number of anilines is 1. The lowest BCUT2D eigenvalue weighted by Gasteiger charge is -2.35. The van der Waals surface area contributed by atoms with Crippen LogP contribution in [-0.2, 0) is 0 Å². The van der Waals surface area contributed by atoms with E-state index in [9.17, 15) is 14.9 Å². The summed E-state index contributed by atoms with van der Waals surface area (Å²) in [5.74, 6) is -0.885. The van der Waals surface area contributed by atoms with Gasteiger partial charge in [0.1, 0.15) is 0 Å². The van der Waals surface area contributed by atoms with Crippen LogP contribution in [-0.4, -0.2) is 52.1 Å². The molecule has 0 aromatic carbocycles. The maximum absolute atomic E-state index is 11.0. The van der Waals surface area contributed by atoms with Gasteiger partial charge in [-0.1, -0.05) is 6.92 Å². The average molecular weight is 294 g/mol. The first kappa shape index (κ1) is 15.2. The number of aromatic nitrogens is 1. The van der Waals surface area contributed by atoms with Gasteiger partial charge in [-0.25, -0.2) is 9.78 Å². The molecule has 1 aromatic heterocycles. The zero-order valence-corrected chi connectivity index (χ0v) is 11.9. The molecule has 0 radical (unpaired) electrons. The number of hydrogen-bond acceptors (Lipinski definition) is 6. The lowest BCUT2D eigenvalue weighted by molar-refractivity contribution is -0.384. The topological polar surface area (TPSA) is 109 Å². The van der Waals surface area contributed by atoms with E-state index in [0.717, 1.165) is 25.6 Å². The minimum Gasteiger partial charge on any atom is -0.477 e. The minimum atomic E-state index is -1.20. The normalized spacial score (nSPS) is 22.8. The molecule has 1 saturated heterocycles. The van der Waals surface area contributed by atoms with Crippen molar-refractivity contribution in [3.05, 3.63) is 27.9 Å². The van der Waals surface area contributed by atoms with Crippen molar-refractivity contribution in [1.29, 1.82) is 0 Å². The largest absolute Gasteiger partial charge is 0.477 e. The number of rotatable bonds is 4. The molecule has 2 N–H and O–H groups in total. The van der Waals surface area contributed by atoms with Crippen LogP contribution >= 0.6 is 0 Å². The first-order chi connectivity index (χ1) is 9.88. The number of aromatic carboxylic acids is 1. The van der Waals surface area contributed by atoms with Gasteiger partial charge in [0.2, 0.25) is 5.82 Å². The predicted molar refractivity (Wildman–Crippen MR) is 76.5 cm³/mol. The van der Waals surface area contributed by atoms with Crippen LogP contribution in [0.15, 0.2) is 12.1 Å². The third kappa shape index (κ3) is 3.46. The molecule has 114 valence electrons. The fraction of sp³-hybridized carbons (Fsp3) is 0.538. The zero-order chi connectivity index (χ0) is 15.6. The van der Waals surface area contributed by atoms with Gasteiger partial charge in [-0.2, -0.15) is 0 Å². The Kier molecular flexibility index (Phi) is 4.37. The van der Waals surface area contributed by atoms with Crippen LogP contribution in [0.5, 0.6) is 0 Å². The van der Waals surface area contributed by atoms with Gasteiger partial charge in [0.05, 0.1) is 4.92 Å². The monoisotopic (exact) mass is 294 g/mol. The van der Waals surface area contributed by atoms with Gasteiger partial charge in [-0.15, -0.1) is 0 Å². The van der Waals surface area contributed by atoms with E-state index in [1.807, 2.05) is 7.05 Å². The first-order valence-corrected chi connectivity index (χ1v) is 6.72. The highest BCUT2D eigenvalue weighted by atomic mass is 16.6. The van der Waals surface area contributed by atoms with Crippen molar-refractivity contribution in [2.75, 3.05) is 25.5 Å². The van der Waals surface area contributed by atoms with Gasteiger partial charge in [-0.05, 0) is 32.0 Å². The third-order valence-corrected chi connectivity index (χ3v) is 3.72. The van der Waals surface area contributed by atoms with Gasteiger partial charge < -0.3 is 15.3 Å². The third-order valence-electron chi connectivity index (χ3n) is 3.72. The van der Waals surface area contributed by atoms with Gasteiger partial charge in [-0.3, -0.25) is 10.1 Å². The molecule has 0 spiro atoms. The van der Waals surface area contributed by atoms with Gasteiger partial charge in [0.15, 0.2) is 5.69 Å². The molecule has 0 aliphatic carbocycles. The second kappa shape index (κ2) is 6.04. The molecule has 1 aliphatic rings. The molecule has 2 rings (SSSR count). The molecule has 0 saturated carbocycles. The van der Waals surface area contributed by atoms with E-state index in [1.165, 1.54) is 6.07 Å². The van der Waals surface area contributed by atoms with E-state index in [1.54, 1.807) is 0 Å². The van der Waals surface area contributed by atoms with Gasteiger partial charge >= 0.3 is 11.7 Å².